The maximum absolute atomic E-state index is 12.2. The Bertz CT molecular complexity index is 757. The van der Waals surface area contributed by atoms with E-state index in [1.54, 1.807) is 36.4 Å². The molecule has 0 fully saturated rings. The van der Waals surface area contributed by atoms with Crippen molar-refractivity contribution in [3.05, 3.63) is 59.7 Å². The number of benzene rings is 2. The Morgan fingerprint density at radius 1 is 1.00 bits per heavy atom. The molecule has 2 unspecified atom stereocenters. The number of hydrogen-bond acceptors (Lipinski definition) is 6. The van der Waals surface area contributed by atoms with Gasteiger partial charge in [-0.3, -0.25) is 4.79 Å². The number of nitrogens with one attached hydrogen (secondary N) is 1. The summed E-state index contributed by atoms with van der Waals surface area (Å²) in [5.74, 6) is -0.183. The maximum atomic E-state index is 12.2. The van der Waals surface area contributed by atoms with E-state index in [4.69, 9.17) is 14.2 Å². The lowest BCUT2D eigenvalue weighted by Crippen LogP contribution is -2.47. The van der Waals surface area contributed by atoms with Crippen LogP contribution in [0.3, 0.4) is 0 Å². The maximum Gasteiger partial charge on any atom is 0.331 e. The first-order valence-corrected chi connectivity index (χ1v) is 8.33. The highest BCUT2D eigenvalue weighted by Crippen LogP contribution is 2.21. The van der Waals surface area contributed by atoms with Crippen LogP contribution >= 0.6 is 0 Å². The molecule has 1 amide bonds. The van der Waals surface area contributed by atoms with Gasteiger partial charge in [0.25, 0.3) is 5.91 Å². The van der Waals surface area contributed by atoms with E-state index < -0.39 is 24.0 Å². The summed E-state index contributed by atoms with van der Waals surface area (Å²) in [7, 11) is 2.71. The number of carbonyl (C=O) groups is 2. The van der Waals surface area contributed by atoms with Crippen molar-refractivity contribution in [3.8, 4) is 11.5 Å². The molecule has 144 valence electrons. The molecular formula is C20H23NO6. The summed E-state index contributed by atoms with van der Waals surface area (Å²) < 4.78 is 15.2. The number of hydrogen-bond donors (Lipinski definition) is 2. The van der Waals surface area contributed by atoms with Gasteiger partial charge in [-0.25, -0.2) is 4.79 Å². The Hall–Kier alpha value is -3.06. The SMILES string of the molecule is COC(=O)C(NC(=O)COc1ccc(C)cc1)C(O)c1ccc(OC)cc1. The highest BCUT2D eigenvalue weighted by molar-refractivity contribution is 5.85. The fourth-order valence-corrected chi connectivity index (χ4v) is 2.39. The molecule has 2 aromatic rings. The van der Waals surface area contributed by atoms with Gasteiger partial charge in [-0.2, -0.15) is 0 Å². The summed E-state index contributed by atoms with van der Waals surface area (Å²) in [6.45, 7) is 1.64. The monoisotopic (exact) mass is 373 g/mol. The van der Waals surface area contributed by atoms with Crippen LogP contribution in [-0.2, 0) is 14.3 Å². The Balaban J connectivity index is 2.02. The van der Waals surface area contributed by atoms with Gasteiger partial charge in [0.2, 0.25) is 0 Å². The van der Waals surface area contributed by atoms with Crippen LogP contribution in [0.25, 0.3) is 0 Å². The van der Waals surface area contributed by atoms with Crippen molar-refractivity contribution >= 4 is 11.9 Å². The lowest BCUT2D eigenvalue weighted by Gasteiger charge is -2.22. The van der Waals surface area contributed by atoms with Crippen LogP contribution in [0.2, 0.25) is 0 Å². The number of aliphatic hydroxyl groups excluding tert-OH is 1. The molecule has 7 nitrogen and oxygen atoms in total. The van der Waals surface area contributed by atoms with E-state index >= 15 is 0 Å². The zero-order valence-electron chi connectivity index (χ0n) is 15.5. The van der Waals surface area contributed by atoms with Crippen molar-refractivity contribution in [1.29, 1.82) is 0 Å². The van der Waals surface area contributed by atoms with Crippen molar-refractivity contribution in [3.63, 3.8) is 0 Å². The lowest BCUT2D eigenvalue weighted by molar-refractivity contribution is -0.148. The summed E-state index contributed by atoms with van der Waals surface area (Å²) in [6, 6.07) is 12.4. The van der Waals surface area contributed by atoms with Crippen LogP contribution in [0.5, 0.6) is 11.5 Å². The molecule has 0 heterocycles. The summed E-state index contributed by atoms with van der Waals surface area (Å²) >= 11 is 0. The average Bonchev–Trinajstić information content (AvgIpc) is 2.70. The normalized spacial score (nSPS) is 12.6. The Labute approximate surface area is 157 Å². The molecule has 0 aliphatic rings. The number of ether oxygens (including phenoxy) is 3. The quantitative estimate of drug-likeness (QED) is 0.685. The summed E-state index contributed by atoms with van der Waals surface area (Å²) in [5, 5.41) is 13.0. The van der Waals surface area contributed by atoms with Gasteiger partial charge in [0.15, 0.2) is 12.6 Å². The second kappa shape index (κ2) is 9.59. The standard InChI is InChI=1S/C20H23NO6/c1-13-4-8-16(9-5-13)27-12-17(22)21-18(20(24)26-3)19(23)14-6-10-15(25-2)11-7-14/h4-11,18-19,23H,12H2,1-3H3,(H,21,22). The van der Waals surface area contributed by atoms with E-state index in [-0.39, 0.29) is 6.61 Å². The van der Waals surface area contributed by atoms with Crippen molar-refractivity contribution in [2.75, 3.05) is 20.8 Å². The first kappa shape index (κ1) is 20.3. The zero-order valence-corrected chi connectivity index (χ0v) is 15.5. The van der Waals surface area contributed by atoms with E-state index in [2.05, 4.69) is 5.32 Å². The number of carbonyl (C=O) groups excluding carboxylic acids is 2. The topological polar surface area (TPSA) is 94.1 Å². The van der Waals surface area contributed by atoms with Crippen LogP contribution < -0.4 is 14.8 Å². The minimum Gasteiger partial charge on any atom is -0.497 e. The van der Waals surface area contributed by atoms with Gasteiger partial charge in [-0.1, -0.05) is 29.8 Å². The van der Waals surface area contributed by atoms with E-state index in [1.165, 1.54) is 14.2 Å². The second-order valence-electron chi connectivity index (χ2n) is 5.89. The number of aliphatic hydroxyl groups is 1. The molecule has 0 saturated heterocycles. The molecule has 0 aromatic heterocycles. The van der Waals surface area contributed by atoms with Gasteiger partial charge in [0, 0.05) is 0 Å². The zero-order chi connectivity index (χ0) is 19.8. The van der Waals surface area contributed by atoms with E-state index in [0.717, 1.165) is 5.56 Å². The first-order chi connectivity index (χ1) is 12.9. The lowest BCUT2D eigenvalue weighted by atomic mass is 10.0. The third kappa shape index (κ3) is 5.72. The molecule has 0 aliphatic carbocycles. The van der Waals surface area contributed by atoms with Crippen LogP contribution in [0.4, 0.5) is 0 Å². The van der Waals surface area contributed by atoms with Gasteiger partial charge in [-0.05, 0) is 36.8 Å². The molecule has 0 saturated carbocycles. The fourth-order valence-electron chi connectivity index (χ4n) is 2.39. The number of methoxy groups -OCH3 is 2. The molecule has 2 aromatic carbocycles. The van der Waals surface area contributed by atoms with Gasteiger partial charge in [0.05, 0.1) is 14.2 Å². The Kier molecular flexibility index (Phi) is 7.19. The van der Waals surface area contributed by atoms with E-state index in [1.807, 2.05) is 19.1 Å². The summed E-state index contributed by atoms with van der Waals surface area (Å²) in [6.07, 6.45) is -1.29. The molecule has 7 heteroatoms. The Morgan fingerprint density at radius 2 is 1.59 bits per heavy atom. The second-order valence-corrected chi connectivity index (χ2v) is 5.89. The van der Waals surface area contributed by atoms with Crippen LogP contribution in [0, 0.1) is 6.92 Å². The molecule has 2 N–H and O–H groups in total. The first-order valence-electron chi connectivity index (χ1n) is 8.33. The highest BCUT2D eigenvalue weighted by Gasteiger charge is 2.30. The van der Waals surface area contributed by atoms with E-state index in [0.29, 0.717) is 17.1 Å². The third-order valence-electron chi connectivity index (χ3n) is 3.94. The smallest absolute Gasteiger partial charge is 0.331 e. The molecule has 27 heavy (non-hydrogen) atoms. The summed E-state index contributed by atoms with van der Waals surface area (Å²) in [5.41, 5.74) is 1.51. The minimum atomic E-state index is -1.29. The van der Waals surface area contributed by atoms with Gasteiger partial charge in [0.1, 0.15) is 17.6 Å². The van der Waals surface area contributed by atoms with Crippen molar-refractivity contribution < 1.29 is 28.9 Å². The predicted molar refractivity (Wildman–Crippen MR) is 98.6 cm³/mol. The number of esters is 1. The Morgan fingerprint density at radius 3 is 2.15 bits per heavy atom. The predicted octanol–water partition coefficient (Wildman–Crippen LogP) is 1.77. The van der Waals surface area contributed by atoms with Crippen LogP contribution in [-0.4, -0.2) is 43.9 Å². The molecule has 2 atom stereocenters. The molecule has 0 aliphatic heterocycles. The third-order valence-corrected chi connectivity index (χ3v) is 3.94. The van der Waals surface area contributed by atoms with Crippen molar-refractivity contribution in [2.45, 2.75) is 19.1 Å². The molecule has 0 spiro atoms. The fraction of sp³-hybridized carbons (Fsp3) is 0.300. The molecule has 0 radical (unpaired) electrons. The summed E-state index contributed by atoms with van der Waals surface area (Å²) in [4.78, 5) is 24.2. The molecule has 2 rings (SSSR count). The van der Waals surface area contributed by atoms with Crippen LogP contribution in [0.1, 0.15) is 17.2 Å². The van der Waals surface area contributed by atoms with E-state index in [9.17, 15) is 14.7 Å². The minimum absolute atomic E-state index is 0.300. The number of rotatable bonds is 8. The highest BCUT2D eigenvalue weighted by atomic mass is 16.5. The van der Waals surface area contributed by atoms with Crippen molar-refractivity contribution in [2.24, 2.45) is 0 Å². The van der Waals surface area contributed by atoms with Gasteiger partial charge in [-0.15, -0.1) is 0 Å². The molecular weight excluding hydrogens is 350 g/mol. The molecule has 0 bridgehead atoms. The van der Waals surface area contributed by atoms with Gasteiger partial charge >= 0.3 is 5.97 Å². The number of amides is 1. The number of aryl methyl sites for hydroxylation is 1. The largest absolute Gasteiger partial charge is 0.497 e. The van der Waals surface area contributed by atoms with Gasteiger partial charge < -0.3 is 24.6 Å². The average molecular weight is 373 g/mol. The van der Waals surface area contributed by atoms with Crippen LogP contribution in [0.15, 0.2) is 48.5 Å². The van der Waals surface area contributed by atoms with Crippen molar-refractivity contribution in [1.82, 2.24) is 5.32 Å².